The molecule has 8 nitrogen and oxygen atoms in total. The van der Waals surface area contributed by atoms with Crippen molar-refractivity contribution in [2.45, 2.75) is 19.9 Å². The van der Waals surface area contributed by atoms with E-state index in [0.29, 0.717) is 12.1 Å². The maximum atomic E-state index is 11.8. The topological polar surface area (TPSA) is 131 Å². The van der Waals surface area contributed by atoms with Gasteiger partial charge in [-0.2, -0.15) is 10.4 Å². The number of carbonyl (C=O) groups is 1. The van der Waals surface area contributed by atoms with Crippen LogP contribution < -0.4 is 5.48 Å². The minimum absolute atomic E-state index is 0.182. The lowest BCUT2D eigenvalue weighted by atomic mass is 9.88. The third-order valence-corrected chi connectivity index (χ3v) is 4.83. The van der Waals surface area contributed by atoms with Crippen molar-refractivity contribution in [3.63, 3.8) is 0 Å². The zero-order chi connectivity index (χ0) is 18.4. The summed E-state index contributed by atoms with van der Waals surface area (Å²) in [4.78, 5) is 11.8. The van der Waals surface area contributed by atoms with E-state index in [-0.39, 0.29) is 6.42 Å². The summed E-state index contributed by atoms with van der Waals surface area (Å²) in [5.41, 5.74) is 2.55. The Morgan fingerprint density at radius 3 is 2.68 bits per heavy atom. The fourth-order valence-electron chi connectivity index (χ4n) is 2.38. The molecule has 1 heterocycles. The van der Waals surface area contributed by atoms with Crippen molar-refractivity contribution < 1.29 is 18.8 Å². The molecule has 2 rings (SSSR count). The van der Waals surface area contributed by atoms with Gasteiger partial charge in [-0.05, 0) is 31.0 Å². The quantitative estimate of drug-likeness (QED) is 0.433. The van der Waals surface area contributed by atoms with Gasteiger partial charge in [0.05, 0.1) is 23.2 Å². The first kappa shape index (κ1) is 18.8. The SMILES string of the molecule is CC(CCn1cc(-c2ccc(C#N)cc2)cn1)(CS(=O)[O-])C(=O)NO. The molecule has 0 bridgehead atoms. The standard InChI is InChI=1S/C16H18N4O4S/c1-16(11-25(23)24,15(21)19-22)6-7-20-10-14(9-18-20)13-4-2-12(8-17)3-5-13/h2-5,9-10,22H,6-7,11H2,1H3,(H,19,21)(H,23,24)/p-1. The van der Waals surface area contributed by atoms with E-state index >= 15 is 0 Å². The first-order chi connectivity index (χ1) is 11.9. The molecule has 2 unspecified atom stereocenters. The normalized spacial score (nSPS) is 14.3. The average molecular weight is 361 g/mol. The lowest BCUT2D eigenvalue weighted by Crippen LogP contribution is -2.42. The van der Waals surface area contributed by atoms with E-state index in [1.807, 2.05) is 18.2 Å². The molecule has 0 saturated carbocycles. The summed E-state index contributed by atoms with van der Waals surface area (Å²) in [6.07, 6.45) is 3.60. The Bertz CT molecular complexity index is 812. The molecule has 0 saturated heterocycles. The zero-order valence-electron chi connectivity index (χ0n) is 13.5. The number of rotatable bonds is 7. The third kappa shape index (κ3) is 4.73. The van der Waals surface area contributed by atoms with Gasteiger partial charge in [0.2, 0.25) is 5.91 Å². The molecule has 1 aromatic carbocycles. The van der Waals surface area contributed by atoms with Crippen LogP contribution in [0.2, 0.25) is 0 Å². The van der Waals surface area contributed by atoms with Gasteiger partial charge >= 0.3 is 0 Å². The van der Waals surface area contributed by atoms with Crippen LogP contribution in [0.1, 0.15) is 18.9 Å². The van der Waals surface area contributed by atoms with E-state index in [1.54, 1.807) is 29.2 Å². The number of hydrogen-bond donors (Lipinski definition) is 2. The van der Waals surface area contributed by atoms with E-state index < -0.39 is 28.2 Å². The number of nitriles is 1. The summed E-state index contributed by atoms with van der Waals surface area (Å²) in [5.74, 6) is -1.15. The summed E-state index contributed by atoms with van der Waals surface area (Å²) >= 11 is -2.42. The van der Waals surface area contributed by atoms with Crippen LogP contribution in [0.15, 0.2) is 36.7 Å². The van der Waals surface area contributed by atoms with Gasteiger partial charge < -0.3 is 4.55 Å². The summed E-state index contributed by atoms with van der Waals surface area (Å²) in [6, 6.07) is 9.08. The fourth-order valence-corrected chi connectivity index (χ4v) is 3.18. The van der Waals surface area contributed by atoms with Crippen molar-refractivity contribution in [3.05, 3.63) is 42.2 Å². The molecule has 0 radical (unpaired) electrons. The van der Waals surface area contributed by atoms with Gasteiger partial charge in [0.1, 0.15) is 0 Å². The first-order valence-corrected chi connectivity index (χ1v) is 8.66. The van der Waals surface area contributed by atoms with Crippen molar-refractivity contribution in [1.29, 1.82) is 5.26 Å². The van der Waals surface area contributed by atoms with E-state index in [0.717, 1.165) is 11.1 Å². The minimum atomic E-state index is -2.42. The molecular formula is C16H17N4O4S-. The van der Waals surface area contributed by atoms with Crippen molar-refractivity contribution in [3.8, 4) is 17.2 Å². The Labute approximate surface area is 147 Å². The Morgan fingerprint density at radius 1 is 1.44 bits per heavy atom. The number of nitrogens with one attached hydrogen (secondary N) is 1. The second kappa shape index (κ2) is 8.02. The van der Waals surface area contributed by atoms with E-state index in [1.165, 1.54) is 12.4 Å². The van der Waals surface area contributed by atoms with E-state index in [2.05, 4.69) is 5.10 Å². The number of nitrogens with zero attached hydrogens (tertiary/aromatic N) is 3. The van der Waals surface area contributed by atoms with Crippen molar-refractivity contribution in [2.24, 2.45) is 5.41 Å². The minimum Gasteiger partial charge on any atom is -0.772 e. The Balaban J connectivity index is 2.10. The molecule has 0 aliphatic carbocycles. The predicted molar refractivity (Wildman–Crippen MR) is 88.8 cm³/mol. The maximum absolute atomic E-state index is 11.8. The molecule has 0 fully saturated rings. The van der Waals surface area contributed by atoms with Crippen LogP contribution in [0.3, 0.4) is 0 Å². The number of aromatic nitrogens is 2. The molecule has 0 aliphatic heterocycles. The van der Waals surface area contributed by atoms with Gasteiger partial charge in [-0.3, -0.25) is 18.9 Å². The van der Waals surface area contributed by atoms with Crippen LogP contribution in [0, 0.1) is 16.7 Å². The highest BCUT2D eigenvalue weighted by molar-refractivity contribution is 7.79. The number of hydrogen-bond acceptors (Lipinski definition) is 6. The molecule has 2 atom stereocenters. The Hall–Kier alpha value is -2.54. The molecule has 2 aromatic rings. The van der Waals surface area contributed by atoms with Gasteiger partial charge in [-0.25, -0.2) is 5.48 Å². The van der Waals surface area contributed by atoms with Crippen LogP contribution >= 0.6 is 0 Å². The fraction of sp³-hybridized carbons (Fsp3) is 0.312. The summed E-state index contributed by atoms with van der Waals surface area (Å²) in [5, 5.41) is 21.9. The van der Waals surface area contributed by atoms with Gasteiger partial charge in [-0.15, -0.1) is 0 Å². The van der Waals surface area contributed by atoms with Gasteiger partial charge in [-0.1, -0.05) is 23.2 Å². The summed E-state index contributed by atoms with van der Waals surface area (Å²) in [7, 11) is 0. The highest BCUT2D eigenvalue weighted by Crippen LogP contribution is 2.25. The van der Waals surface area contributed by atoms with E-state index in [4.69, 9.17) is 10.5 Å². The molecule has 25 heavy (non-hydrogen) atoms. The Morgan fingerprint density at radius 2 is 2.12 bits per heavy atom. The second-order valence-corrected chi connectivity index (χ2v) is 6.78. The number of aryl methyl sites for hydroxylation is 1. The van der Waals surface area contributed by atoms with Crippen LogP contribution in [0.25, 0.3) is 11.1 Å². The lowest BCUT2D eigenvalue weighted by Gasteiger charge is -2.27. The van der Waals surface area contributed by atoms with Gasteiger partial charge in [0, 0.05) is 24.1 Å². The summed E-state index contributed by atoms with van der Waals surface area (Å²) in [6.45, 7) is 1.77. The second-order valence-electron chi connectivity index (χ2n) is 5.88. The number of amides is 1. The van der Waals surface area contributed by atoms with Crippen LogP contribution in [-0.4, -0.2) is 35.4 Å². The molecule has 0 aliphatic rings. The number of benzene rings is 1. The van der Waals surface area contributed by atoms with Gasteiger partial charge in [0.25, 0.3) is 0 Å². The monoisotopic (exact) mass is 361 g/mol. The molecule has 1 aromatic heterocycles. The highest BCUT2D eigenvalue weighted by atomic mass is 32.2. The largest absolute Gasteiger partial charge is 0.772 e. The Kier molecular flexibility index (Phi) is 6.03. The molecule has 132 valence electrons. The van der Waals surface area contributed by atoms with E-state index in [9.17, 15) is 13.6 Å². The maximum Gasteiger partial charge on any atom is 0.250 e. The van der Waals surface area contributed by atoms with Gasteiger partial charge in [0.15, 0.2) is 0 Å². The van der Waals surface area contributed by atoms with Crippen molar-refractivity contribution in [1.82, 2.24) is 15.3 Å². The molecule has 9 heteroatoms. The molecule has 0 spiro atoms. The predicted octanol–water partition coefficient (Wildman–Crippen LogP) is 1.20. The smallest absolute Gasteiger partial charge is 0.250 e. The lowest BCUT2D eigenvalue weighted by molar-refractivity contribution is -0.138. The third-order valence-electron chi connectivity index (χ3n) is 3.96. The van der Waals surface area contributed by atoms with Crippen LogP contribution in [0.5, 0.6) is 0 Å². The van der Waals surface area contributed by atoms with Crippen LogP contribution in [-0.2, 0) is 22.4 Å². The number of carbonyl (C=O) groups excluding carboxylic acids is 1. The molecular weight excluding hydrogens is 344 g/mol. The van der Waals surface area contributed by atoms with Crippen LogP contribution in [0.4, 0.5) is 0 Å². The average Bonchev–Trinajstić information content (AvgIpc) is 3.08. The summed E-state index contributed by atoms with van der Waals surface area (Å²) < 4.78 is 23.6. The number of hydroxylamine groups is 1. The zero-order valence-corrected chi connectivity index (χ0v) is 14.3. The first-order valence-electron chi connectivity index (χ1n) is 7.41. The molecule has 1 amide bonds. The van der Waals surface area contributed by atoms with Crippen molar-refractivity contribution in [2.75, 3.05) is 5.75 Å². The highest BCUT2D eigenvalue weighted by Gasteiger charge is 2.33. The molecule has 2 N–H and O–H groups in total. The van der Waals surface area contributed by atoms with Crippen molar-refractivity contribution >= 4 is 17.0 Å².